The highest BCUT2D eigenvalue weighted by molar-refractivity contribution is 6.32. The molecule has 1 aliphatic rings. The minimum absolute atomic E-state index is 0.00822. The van der Waals surface area contributed by atoms with Crippen molar-refractivity contribution >= 4 is 40.2 Å². The molecule has 3 aromatic rings. The number of halogens is 2. The van der Waals surface area contributed by atoms with Crippen molar-refractivity contribution in [1.29, 1.82) is 0 Å². The number of benzene rings is 1. The second-order valence-corrected chi connectivity index (χ2v) is 10.2. The van der Waals surface area contributed by atoms with Crippen molar-refractivity contribution in [1.82, 2.24) is 24.4 Å². The van der Waals surface area contributed by atoms with Gasteiger partial charge in [-0.1, -0.05) is 50.2 Å². The van der Waals surface area contributed by atoms with E-state index in [9.17, 15) is 14.0 Å². The van der Waals surface area contributed by atoms with Gasteiger partial charge in [0.1, 0.15) is 11.5 Å². The van der Waals surface area contributed by atoms with E-state index in [1.165, 1.54) is 16.7 Å². The summed E-state index contributed by atoms with van der Waals surface area (Å²) in [5.74, 6) is -0.214. The number of hydrogen-bond acceptors (Lipinski definition) is 6. The van der Waals surface area contributed by atoms with Crippen LogP contribution in [0.3, 0.4) is 0 Å². The van der Waals surface area contributed by atoms with Crippen molar-refractivity contribution in [2.45, 2.75) is 40.7 Å². The molecule has 2 aromatic heterocycles. The van der Waals surface area contributed by atoms with E-state index in [0.29, 0.717) is 36.7 Å². The molecular formula is C29H32ClFN6O2. The van der Waals surface area contributed by atoms with E-state index in [0.717, 1.165) is 5.57 Å². The van der Waals surface area contributed by atoms with Gasteiger partial charge in [0, 0.05) is 31.2 Å². The molecule has 0 radical (unpaired) electrons. The van der Waals surface area contributed by atoms with Gasteiger partial charge in [-0.2, -0.15) is 4.98 Å². The summed E-state index contributed by atoms with van der Waals surface area (Å²) in [5, 5.41) is -0.00822. The molecule has 1 aliphatic heterocycles. The van der Waals surface area contributed by atoms with Crippen molar-refractivity contribution in [3.8, 4) is 11.3 Å². The summed E-state index contributed by atoms with van der Waals surface area (Å²) in [7, 11) is 0. The van der Waals surface area contributed by atoms with Crippen molar-refractivity contribution in [3.05, 3.63) is 76.1 Å². The Kier molecular flexibility index (Phi) is 8.30. The minimum atomic E-state index is -0.543. The Labute approximate surface area is 232 Å². The first-order chi connectivity index (χ1) is 18.6. The standard InChI is InChI=1S/C29H32ClFN6O2/c1-7-11-22(19(6)17(3)4)37-28-25(32-26(30)24(33-28)20-12-9-10-13-21(20)31)27(34-29(37)39)36-15-14-35(16-18(36)5)23(38)8-2/h7-13,17-18H,2,14-16H2,1,3-6H3/b11-7-,22-19-/t18-/m0/s1. The van der Waals surface area contributed by atoms with E-state index in [-0.39, 0.29) is 39.9 Å². The van der Waals surface area contributed by atoms with Crippen LogP contribution in [-0.4, -0.2) is 56.0 Å². The summed E-state index contributed by atoms with van der Waals surface area (Å²) in [6.07, 6.45) is 4.96. The Morgan fingerprint density at radius 2 is 1.92 bits per heavy atom. The van der Waals surface area contributed by atoms with Crippen LogP contribution in [0.2, 0.25) is 5.15 Å². The lowest BCUT2D eigenvalue weighted by molar-refractivity contribution is -0.126. The third-order valence-corrected chi connectivity index (χ3v) is 7.27. The highest BCUT2D eigenvalue weighted by Crippen LogP contribution is 2.33. The van der Waals surface area contributed by atoms with E-state index in [2.05, 4.69) is 16.5 Å². The normalized spacial score (nSPS) is 16.8. The van der Waals surface area contributed by atoms with Gasteiger partial charge in [-0.05, 0) is 56.5 Å². The number of hydrogen-bond donors (Lipinski definition) is 0. The molecule has 10 heteroatoms. The van der Waals surface area contributed by atoms with Gasteiger partial charge in [0.05, 0.1) is 5.70 Å². The van der Waals surface area contributed by atoms with Gasteiger partial charge in [0.2, 0.25) is 5.91 Å². The molecule has 0 unspecified atom stereocenters. The molecule has 1 aromatic carbocycles. The van der Waals surface area contributed by atoms with Crippen LogP contribution < -0.4 is 10.6 Å². The molecule has 1 amide bonds. The number of carbonyl (C=O) groups is 1. The number of anilines is 1. The lowest BCUT2D eigenvalue weighted by Gasteiger charge is -2.40. The number of carbonyl (C=O) groups excluding carboxylic acids is 1. The van der Waals surface area contributed by atoms with Gasteiger partial charge >= 0.3 is 5.69 Å². The Bertz CT molecular complexity index is 1560. The van der Waals surface area contributed by atoms with E-state index in [1.807, 2.05) is 51.7 Å². The monoisotopic (exact) mass is 550 g/mol. The molecule has 0 N–H and O–H groups in total. The largest absolute Gasteiger partial charge is 0.355 e. The summed E-state index contributed by atoms with van der Waals surface area (Å²) < 4.78 is 16.2. The highest BCUT2D eigenvalue weighted by atomic mass is 35.5. The van der Waals surface area contributed by atoms with Gasteiger partial charge in [-0.25, -0.2) is 23.7 Å². The Morgan fingerprint density at radius 1 is 1.21 bits per heavy atom. The molecule has 0 bridgehead atoms. The quantitative estimate of drug-likeness (QED) is 0.304. The summed E-state index contributed by atoms with van der Waals surface area (Å²) in [6, 6.07) is 5.98. The third kappa shape index (κ3) is 5.36. The number of amides is 1. The fourth-order valence-corrected chi connectivity index (χ4v) is 4.90. The van der Waals surface area contributed by atoms with E-state index in [4.69, 9.17) is 16.6 Å². The van der Waals surface area contributed by atoms with E-state index >= 15 is 0 Å². The van der Waals surface area contributed by atoms with Crippen LogP contribution in [0.5, 0.6) is 0 Å². The maximum Gasteiger partial charge on any atom is 0.355 e. The number of piperazine rings is 1. The molecule has 8 nitrogen and oxygen atoms in total. The van der Waals surface area contributed by atoms with Crippen LogP contribution in [0.25, 0.3) is 28.1 Å². The topological polar surface area (TPSA) is 84.2 Å². The predicted octanol–water partition coefficient (Wildman–Crippen LogP) is 5.33. The fraction of sp³-hybridized carbons (Fsp3) is 0.345. The summed E-state index contributed by atoms with van der Waals surface area (Å²) >= 11 is 6.62. The summed E-state index contributed by atoms with van der Waals surface area (Å²) in [4.78, 5) is 43.5. The van der Waals surface area contributed by atoms with Crippen molar-refractivity contribution < 1.29 is 9.18 Å². The zero-order valence-electron chi connectivity index (χ0n) is 22.8. The van der Waals surface area contributed by atoms with Crippen LogP contribution in [-0.2, 0) is 4.79 Å². The van der Waals surface area contributed by atoms with Gasteiger partial charge < -0.3 is 9.80 Å². The molecule has 0 saturated carbocycles. The van der Waals surface area contributed by atoms with Crippen LogP contribution in [0, 0.1) is 11.7 Å². The lowest BCUT2D eigenvalue weighted by Crippen LogP contribution is -2.54. The van der Waals surface area contributed by atoms with Crippen LogP contribution in [0.1, 0.15) is 34.6 Å². The molecule has 1 atom stereocenters. The van der Waals surface area contributed by atoms with Crippen molar-refractivity contribution in [2.24, 2.45) is 5.92 Å². The SMILES string of the molecule is C=CC(=O)N1CCN(c2nc(=O)n(C(/C=C\C)=C(/C)C(C)C)c3nc(-c4ccccc4F)c(Cl)nc23)[C@@H](C)C1. The second-order valence-electron chi connectivity index (χ2n) is 9.82. The molecule has 3 heterocycles. The van der Waals surface area contributed by atoms with Gasteiger partial charge in [0.25, 0.3) is 0 Å². The fourth-order valence-electron chi connectivity index (χ4n) is 4.68. The Morgan fingerprint density at radius 3 is 2.54 bits per heavy atom. The first-order valence-electron chi connectivity index (χ1n) is 12.9. The Hall–Kier alpha value is -3.85. The molecule has 0 aliphatic carbocycles. The Balaban J connectivity index is 2.04. The molecule has 1 fully saturated rings. The van der Waals surface area contributed by atoms with Gasteiger partial charge in [0.15, 0.2) is 22.1 Å². The molecule has 39 heavy (non-hydrogen) atoms. The number of nitrogens with zero attached hydrogens (tertiary/aromatic N) is 6. The first kappa shape index (κ1) is 28.2. The molecule has 4 rings (SSSR count). The second kappa shape index (κ2) is 11.5. The maximum atomic E-state index is 14.8. The zero-order valence-corrected chi connectivity index (χ0v) is 23.5. The van der Waals surface area contributed by atoms with E-state index < -0.39 is 11.5 Å². The zero-order chi connectivity index (χ0) is 28.4. The predicted molar refractivity (Wildman–Crippen MR) is 154 cm³/mol. The van der Waals surface area contributed by atoms with Crippen LogP contribution in [0.15, 0.2) is 59.4 Å². The average Bonchev–Trinajstić information content (AvgIpc) is 2.91. The maximum absolute atomic E-state index is 14.8. The van der Waals surface area contributed by atoms with E-state index in [1.54, 1.807) is 23.1 Å². The van der Waals surface area contributed by atoms with Gasteiger partial charge in [-0.15, -0.1) is 0 Å². The number of allylic oxidation sites excluding steroid dienone is 4. The lowest BCUT2D eigenvalue weighted by atomic mass is 10.0. The highest BCUT2D eigenvalue weighted by Gasteiger charge is 2.30. The average molecular weight is 551 g/mol. The summed E-state index contributed by atoms with van der Waals surface area (Å²) in [6.45, 7) is 14.7. The molecule has 204 valence electrons. The first-order valence-corrected chi connectivity index (χ1v) is 13.2. The number of rotatable bonds is 6. The molecular weight excluding hydrogens is 519 g/mol. The molecule has 1 saturated heterocycles. The third-order valence-electron chi connectivity index (χ3n) is 7.00. The number of aromatic nitrogens is 4. The number of fused-ring (bicyclic) bond motifs is 1. The summed E-state index contributed by atoms with van der Waals surface area (Å²) in [5.41, 5.74) is 1.86. The molecule has 0 spiro atoms. The van der Waals surface area contributed by atoms with Gasteiger partial charge in [-0.3, -0.25) is 4.79 Å². The van der Waals surface area contributed by atoms with Crippen LogP contribution in [0.4, 0.5) is 10.2 Å². The smallest absolute Gasteiger partial charge is 0.348 e. The van der Waals surface area contributed by atoms with Crippen molar-refractivity contribution in [3.63, 3.8) is 0 Å². The van der Waals surface area contributed by atoms with Crippen molar-refractivity contribution in [2.75, 3.05) is 24.5 Å². The minimum Gasteiger partial charge on any atom is -0.348 e. The van der Waals surface area contributed by atoms with Crippen LogP contribution >= 0.6 is 11.6 Å².